The molecule has 1 aliphatic rings. The molecule has 0 spiro atoms. The highest BCUT2D eigenvalue weighted by atomic mass is 16.1. The van der Waals surface area contributed by atoms with Gasteiger partial charge in [0.05, 0.1) is 0 Å². The van der Waals surface area contributed by atoms with Crippen molar-refractivity contribution in [1.29, 1.82) is 0 Å². The zero-order chi connectivity index (χ0) is 10.8. The van der Waals surface area contributed by atoms with E-state index < -0.39 is 0 Å². The van der Waals surface area contributed by atoms with Crippen molar-refractivity contribution in [1.82, 2.24) is 0 Å². The molecule has 0 aromatic heterocycles. The second kappa shape index (κ2) is 8.13. The molecule has 0 saturated heterocycles. The van der Waals surface area contributed by atoms with Crippen molar-refractivity contribution in [2.45, 2.75) is 57.8 Å². The van der Waals surface area contributed by atoms with E-state index in [0.717, 1.165) is 25.7 Å². The van der Waals surface area contributed by atoms with Gasteiger partial charge in [-0.3, -0.25) is 4.79 Å². The van der Waals surface area contributed by atoms with Crippen LogP contribution in [0.3, 0.4) is 0 Å². The highest BCUT2D eigenvalue weighted by Crippen LogP contribution is 2.03. The van der Waals surface area contributed by atoms with Gasteiger partial charge in [0, 0.05) is 38.5 Å². The van der Waals surface area contributed by atoms with Gasteiger partial charge >= 0.3 is 0 Å². The van der Waals surface area contributed by atoms with Gasteiger partial charge in [-0.25, -0.2) is 0 Å². The second-order valence-electron chi connectivity index (χ2n) is 3.81. The minimum atomic E-state index is 0.302. The Morgan fingerprint density at radius 3 is 1.67 bits per heavy atom. The third-order valence-electron chi connectivity index (χ3n) is 2.41. The largest absolute Gasteiger partial charge is 0.300 e. The van der Waals surface area contributed by atoms with Gasteiger partial charge in [0.1, 0.15) is 5.78 Å². The average Bonchev–Trinajstić information content (AvgIpc) is 2.24. The Kier molecular flexibility index (Phi) is 6.43. The third kappa shape index (κ3) is 6.81. The van der Waals surface area contributed by atoms with E-state index in [9.17, 15) is 4.79 Å². The number of hydrogen-bond donors (Lipinski definition) is 0. The molecule has 0 saturated carbocycles. The van der Waals surface area contributed by atoms with Crippen LogP contribution < -0.4 is 0 Å². The predicted molar refractivity (Wildman–Crippen MR) is 62.1 cm³/mol. The van der Waals surface area contributed by atoms with Crippen molar-refractivity contribution >= 4 is 5.78 Å². The number of hydrogen-bond acceptors (Lipinski definition) is 1. The van der Waals surface area contributed by atoms with Gasteiger partial charge in [0.2, 0.25) is 0 Å². The number of carbonyl (C=O) groups is 1. The standard InChI is InChI=1S/C14H18O/c15-14-12-10-8-6-4-2-1-3-5-7-9-11-13-14/h1-5,10-13H2. The Balaban J connectivity index is 2.35. The maximum atomic E-state index is 11.3. The lowest BCUT2D eigenvalue weighted by Crippen LogP contribution is -1.95. The maximum Gasteiger partial charge on any atom is 0.134 e. The van der Waals surface area contributed by atoms with Crippen LogP contribution in [0.1, 0.15) is 57.8 Å². The minimum absolute atomic E-state index is 0.302. The summed E-state index contributed by atoms with van der Waals surface area (Å²) < 4.78 is 0. The smallest absolute Gasteiger partial charge is 0.134 e. The lowest BCUT2D eigenvalue weighted by Gasteiger charge is -1.95. The monoisotopic (exact) mass is 202 g/mol. The Labute approximate surface area is 92.6 Å². The molecule has 0 amide bonds. The average molecular weight is 202 g/mol. The van der Waals surface area contributed by atoms with Crippen LogP contribution in [0.15, 0.2) is 0 Å². The number of ketones is 1. The fourth-order valence-corrected chi connectivity index (χ4v) is 1.49. The van der Waals surface area contributed by atoms with Gasteiger partial charge < -0.3 is 0 Å². The first kappa shape index (κ1) is 11.9. The molecule has 0 aliphatic heterocycles. The minimum Gasteiger partial charge on any atom is -0.300 e. The van der Waals surface area contributed by atoms with Crippen LogP contribution in [-0.2, 0) is 4.79 Å². The summed E-state index contributed by atoms with van der Waals surface area (Å²) in [4.78, 5) is 11.3. The highest BCUT2D eigenvalue weighted by molar-refractivity contribution is 5.78. The Hall–Kier alpha value is -1.21. The zero-order valence-electron chi connectivity index (χ0n) is 9.27. The van der Waals surface area contributed by atoms with Crippen LogP contribution in [-0.4, -0.2) is 5.78 Å². The van der Waals surface area contributed by atoms with Crippen LogP contribution in [0.2, 0.25) is 0 Å². The molecule has 0 aromatic rings. The molecule has 0 atom stereocenters. The lowest BCUT2D eigenvalue weighted by molar-refractivity contribution is -0.118. The molecule has 0 N–H and O–H groups in total. The molecule has 0 unspecified atom stereocenters. The SMILES string of the molecule is O=C1CCC#CCCCCCC#CCC1. The van der Waals surface area contributed by atoms with Gasteiger partial charge in [-0.15, -0.1) is 23.7 Å². The molecule has 0 radical (unpaired) electrons. The van der Waals surface area contributed by atoms with Gasteiger partial charge in [-0.2, -0.15) is 0 Å². The van der Waals surface area contributed by atoms with E-state index >= 15 is 0 Å². The molecule has 1 heteroatoms. The topological polar surface area (TPSA) is 17.1 Å². The van der Waals surface area contributed by atoms with Crippen molar-refractivity contribution < 1.29 is 4.79 Å². The molecule has 1 aliphatic carbocycles. The summed E-state index contributed by atoms with van der Waals surface area (Å²) in [7, 11) is 0. The molecular weight excluding hydrogens is 184 g/mol. The van der Waals surface area contributed by atoms with Gasteiger partial charge in [0.15, 0.2) is 0 Å². The van der Waals surface area contributed by atoms with Gasteiger partial charge in [0.25, 0.3) is 0 Å². The molecule has 0 fully saturated rings. The van der Waals surface area contributed by atoms with E-state index in [4.69, 9.17) is 0 Å². The summed E-state index contributed by atoms with van der Waals surface area (Å²) in [5.74, 6) is 12.7. The van der Waals surface area contributed by atoms with E-state index in [2.05, 4.69) is 23.7 Å². The zero-order valence-corrected chi connectivity index (χ0v) is 9.27. The summed E-state index contributed by atoms with van der Waals surface area (Å²) in [5, 5.41) is 0. The van der Waals surface area contributed by atoms with Crippen LogP contribution in [0, 0.1) is 23.7 Å². The van der Waals surface area contributed by atoms with Crippen LogP contribution in [0.4, 0.5) is 0 Å². The summed E-state index contributed by atoms with van der Waals surface area (Å²) >= 11 is 0. The van der Waals surface area contributed by atoms with Gasteiger partial charge in [-0.1, -0.05) is 6.42 Å². The molecular formula is C14H18O. The molecule has 1 nitrogen and oxygen atoms in total. The molecule has 0 aromatic carbocycles. The maximum absolute atomic E-state index is 11.3. The molecule has 0 bridgehead atoms. The Morgan fingerprint density at radius 1 is 0.667 bits per heavy atom. The Morgan fingerprint density at radius 2 is 1.13 bits per heavy atom. The summed E-state index contributed by atoms with van der Waals surface area (Å²) in [5.41, 5.74) is 0. The molecule has 15 heavy (non-hydrogen) atoms. The summed E-state index contributed by atoms with van der Waals surface area (Å²) in [6, 6.07) is 0. The first-order valence-corrected chi connectivity index (χ1v) is 5.83. The van der Waals surface area contributed by atoms with E-state index in [1.54, 1.807) is 0 Å². The van der Waals surface area contributed by atoms with Crippen molar-refractivity contribution in [2.24, 2.45) is 0 Å². The molecule has 1 rings (SSSR count). The lowest BCUT2D eigenvalue weighted by atomic mass is 10.1. The fourth-order valence-electron chi connectivity index (χ4n) is 1.49. The first-order chi connectivity index (χ1) is 7.39. The highest BCUT2D eigenvalue weighted by Gasteiger charge is 1.98. The number of Topliss-reactive ketones (excluding diaryl/α,β-unsaturated/α-hetero) is 1. The van der Waals surface area contributed by atoms with Crippen LogP contribution >= 0.6 is 0 Å². The normalized spacial score (nSPS) is 19.1. The summed E-state index contributed by atoms with van der Waals surface area (Å²) in [6.45, 7) is 0. The van der Waals surface area contributed by atoms with Crippen molar-refractivity contribution in [3.05, 3.63) is 0 Å². The quantitative estimate of drug-likeness (QED) is 0.552. The third-order valence-corrected chi connectivity index (χ3v) is 2.41. The van der Waals surface area contributed by atoms with Crippen molar-refractivity contribution in [2.75, 3.05) is 0 Å². The van der Waals surface area contributed by atoms with E-state index in [1.807, 2.05) is 0 Å². The van der Waals surface area contributed by atoms with Crippen LogP contribution in [0.5, 0.6) is 0 Å². The van der Waals surface area contributed by atoms with Crippen LogP contribution in [0.25, 0.3) is 0 Å². The number of rotatable bonds is 0. The molecule has 0 heterocycles. The Bertz CT molecular complexity index is 276. The first-order valence-electron chi connectivity index (χ1n) is 5.83. The van der Waals surface area contributed by atoms with E-state index in [-0.39, 0.29) is 0 Å². The van der Waals surface area contributed by atoms with E-state index in [0.29, 0.717) is 18.6 Å². The second-order valence-corrected chi connectivity index (χ2v) is 3.81. The van der Waals surface area contributed by atoms with E-state index in [1.165, 1.54) is 19.3 Å². The number of carbonyl (C=O) groups excluding carboxylic acids is 1. The summed E-state index contributed by atoms with van der Waals surface area (Å²) in [6.07, 6.45) is 8.18. The fraction of sp³-hybridized carbons (Fsp3) is 0.643. The van der Waals surface area contributed by atoms with Crippen molar-refractivity contribution in [3.63, 3.8) is 0 Å². The predicted octanol–water partition coefficient (Wildman–Crippen LogP) is 3.09. The van der Waals surface area contributed by atoms with Gasteiger partial charge in [-0.05, 0) is 12.8 Å². The molecule has 80 valence electrons. The van der Waals surface area contributed by atoms with Crippen molar-refractivity contribution in [3.8, 4) is 23.7 Å².